The fraction of sp³-hybridized carbons (Fsp3) is 0.500. The van der Waals surface area contributed by atoms with E-state index in [1.54, 1.807) is 0 Å². The van der Waals surface area contributed by atoms with Crippen molar-refractivity contribution in [3.8, 4) is 0 Å². The van der Waals surface area contributed by atoms with Crippen LogP contribution in [-0.4, -0.2) is 6.54 Å². The van der Waals surface area contributed by atoms with Crippen molar-refractivity contribution < 1.29 is 13.2 Å². The van der Waals surface area contributed by atoms with Gasteiger partial charge in [-0.15, -0.1) is 0 Å². The second-order valence-electron chi connectivity index (χ2n) is 3.83. The minimum atomic E-state index is -4.34. The average molecular weight is 266 g/mol. The minimum absolute atomic E-state index is 0.108. The second kappa shape index (κ2) is 6.15. The Morgan fingerprint density at radius 2 is 1.94 bits per heavy atom. The predicted octanol–water partition coefficient (Wildman–Crippen LogP) is 4.96. The number of alkyl halides is 3. The van der Waals surface area contributed by atoms with E-state index in [1.165, 1.54) is 6.07 Å². The first-order chi connectivity index (χ1) is 7.95. The molecule has 0 aliphatic rings. The van der Waals surface area contributed by atoms with Gasteiger partial charge in [-0.3, -0.25) is 0 Å². The highest BCUT2D eigenvalue weighted by atomic mass is 35.5. The third kappa shape index (κ3) is 4.46. The van der Waals surface area contributed by atoms with E-state index in [2.05, 4.69) is 12.2 Å². The van der Waals surface area contributed by atoms with Gasteiger partial charge in [-0.25, -0.2) is 0 Å². The minimum Gasteiger partial charge on any atom is -0.384 e. The van der Waals surface area contributed by atoms with Gasteiger partial charge in [0.05, 0.1) is 16.3 Å². The molecule has 0 spiro atoms. The van der Waals surface area contributed by atoms with Gasteiger partial charge in [-0.2, -0.15) is 13.2 Å². The number of halogens is 4. The number of hydrogen-bond donors (Lipinski definition) is 1. The fourth-order valence-corrected chi connectivity index (χ4v) is 1.68. The zero-order valence-corrected chi connectivity index (χ0v) is 10.3. The van der Waals surface area contributed by atoms with Gasteiger partial charge in [-0.05, 0) is 24.6 Å². The predicted molar refractivity (Wildman–Crippen MR) is 64.5 cm³/mol. The molecule has 1 rings (SSSR count). The molecule has 0 aliphatic heterocycles. The topological polar surface area (TPSA) is 12.0 Å². The Balaban J connectivity index is 2.64. The lowest BCUT2D eigenvalue weighted by molar-refractivity contribution is -0.137. The summed E-state index contributed by atoms with van der Waals surface area (Å²) in [6.07, 6.45) is -1.17. The van der Waals surface area contributed by atoms with E-state index in [9.17, 15) is 13.2 Å². The van der Waals surface area contributed by atoms with Crippen molar-refractivity contribution in [2.24, 2.45) is 0 Å². The number of unbranched alkanes of at least 4 members (excludes halogenated alkanes) is 2. The Labute approximate surface area is 104 Å². The van der Waals surface area contributed by atoms with Gasteiger partial charge in [0, 0.05) is 6.54 Å². The zero-order chi connectivity index (χ0) is 12.9. The molecule has 0 amide bonds. The number of hydrogen-bond acceptors (Lipinski definition) is 1. The summed E-state index contributed by atoms with van der Waals surface area (Å²) in [5, 5.41) is 3.13. The summed E-state index contributed by atoms with van der Waals surface area (Å²) < 4.78 is 37.1. The quantitative estimate of drug-likeness (QED) is 0.742. The molecule has 17 heavy (non-hydrogen) atoms. The average Bonchev–Trinajstić information content (AvgIpc) is 2.24. The Kier molecular flexibility index (Phi) is 5.12. The maximum Gasteiger partial charge on any atom is 0.416 e. The maximum absolute atomic E-state index is 12.4. The summed E-state index contributed by atoms with van der Waals surface area (Å²) in [6.45, 7) is 2.81. The first-order valence-electron chi connectivity index (χ1n) is 5.55. The smallest absolute Gasteiger partial charge is 0.384 e. The fourth-order valence-electron chi connectivity index (χ4n) is 1.43. The molecule has 0 unspecified atom stereocenters. The van der Waals surface area contributed by atoms with Crippen molar-refractivity contribution >= 4 is 17.3 Å². The number of nitrogens with one attached hydrogen (secondary N) is 1. The van der Waals surface area contributed by atoms with Crippen LogP contribution in [0.3, 0.4) is 0 Å². The van der Waals surface area contributed by atoms with Crippen LogP contribution in [0.25, 0.3) is 0 Å². The summed E-state index contributed by atoms with van der Waals surface area (Å²) in [5.41, 5.74) is -0.169. The summed E-state index contributed by atoms with van der Waals surface area (Å²) in [7, 11) is 0. The van der Waals surface area contributed by atoms with Crippen LogP contribution in [0.4, 0.5) is 18.9 Å². The van der Waals surface area contributed by atoms with Crippen molar-refractivity contribution in [3.05, 3.63) is 28.8 Å². The highest BCUT2D eigenvalue weighted by molar-refractivity contribution is 6.33. The summed E-state index contributed by atoms with van der Waals surface area (Å²) >= 11 is 5.79. The Morgan fingerprint density at radius 1 is 1.24 bits per heavy atom. The molecule has 0 aliphatic carbocycles. The second-order valence-corrected chi connectivity index (χ2v) is 4.23. The van der Waals surface area contributed by atoms with Gasteiger partial charge in [-0.1, -0.05) is 31.4 Å². The highest BCUT2D eigenvalue weighted by Gasteiger charge is 2.30. The van der Waals surface area contributed by atoms with E-state index < -0.39 is 11.7 Å². The van der Waals surface area contributed by atoms with Crippen LogP contribution in [0.15, 0.2) is 18.2 Å². The molecule has 1 nitrogen and oxygen atoms in total. The largest absolute Gasteiger partial charge is 0.416 e. The van der Waals surface area contributed by atoms with Crippen molar-refractivity contribution in [3.63, 3.8) is 0 Å². The lowest BCUT2D eigenvalue weighted by Gasteiger charge is -2.11. The summed E-state index contributed by atoms with van der Waals surface area (Å²) in [6, 6.07) is 3.36. The Morgan fingerprint density at radius 3 is 2.47 bits per heavy atom. The zero-order valence-electron chi connectivity index (χ0n) is 9.57. The van der Waals surface area contributed by atoms with E-state index in [1.807, 2.05) is 0 Å². The third-order valence-electron chi connectivity index (χ3n) is 2.39. The third-order valence-corrected chi connectivity index (χ3v) is 2.70. The van der Waals surface area contributed by atoms with Crippen LogP contribution in [0, 0.1) is 0 Å². The molecule has 0 radical (unpaired) electrons. The van der Waals surface area contributed by atoms with Gasteiger partial charge in [0.1, 0.15) is 0 Å². The van der Waals surface area contributed by atoms with Crippen molar-refractivity contribution in [2.75, 3.05) is 11.9 Å². The molecule has 1 aromatic carbocycles. The van der Waals surface area contributed by atoms with Crippen molar-refractivity contribution in [2.45, 2.75) is 32.4 Å². The first-order valence-corrected chi connectivity index (χ1v) is 5.93. The van der Waals surface area contributed by atoms with E-state index >= 15 is 0 Å². The van der Waals surface area contributed by atoms with Gasteiger partial charge >= 0.3 is 6.18 Å². The molecule has 0 bridgehead atoms. The Bertz CT molecular complexity index is 363. The summed E-state index contributed by atoms with van der Waals surface area (Å²) in [4.78, 5) is 0. The van der Waals surface area contributed by atoms with Crippen LogP contribution < -0.4 is 5.32 Å². The van der Waals surface area contributed by atoms with Crippen LogP contribution in [0.5, 0.6) is 0 Å². The molecular weight excluding hydrogens is 251 g/mol. The molecule has 0 saturated carbocycles. The molecule has 0 aromatic heterocycles. The molecule has 0 fully saturated rings. The van der Waals surface area contributed by atoms with Crippen LogP contribution in [0.2, 0.25) is 5.02 Å². The van der Waals surface area contributed by atoms with Crippen LogP contribution >= 0.6 is 11.6 Å². The molecule has 5 heteroatoms. The number of rotatable bonds is 5. The van der Waals surface area contributed by atoms with Gasteiger partial charge in [0.15, 0.2) is 0 Å². The van der Waals surface area contributed by atoms with Gasteiger partial charge in [0.2, 0.25) is 0 Å². The monoisotopic (exact) mass is 265 g/mol. The molecular formula is C12H15ClF3N. The van der Waals surface area contributed by atoms with Gasteiger partial charge < -0.3 is 5.32 Å². The lowest BCUT2D eigenvalue weighted by Crippen LogP contribution is -2.06. The highest BCUT2D eigenvalue weighted by Crippen LogP contribution is 2.33. The number of benzene rings is 1. The molecule has 0 saturated heterocycles. The van der Waals surface area contributed by atoms with Crippen LogP contribution in [-0.2, 0) is 6.18 Å². The normalized spacial score (nSPS) is 11.6. The molecule has 1 aromatic rings. The van der Waals surface area contributed by atoms with E-state index in [0.29, 0.717) is 5.69 Å². The standard InChI is InChI=1S/C12H15ClF3N/c1-2-3-4-7-17-11-6-5-9(8-10(11)13)12(14,15)16/h5-6,8,17H,2-4,7H2,1H3. The maximum atomic E-state index is 12.4. The SMILES string of the molecule is CCCCCNc1ccc(C(F)(F)F)cc1Cl. The van der Waals surface area contributed by atoms with Gasteiger partial charge in [0.25, 0.3) is 0 Å². The van der Waals surface area contributed by atoms with E-state index in [0.717, 1.165) is 37.9 Å². The van der Waals surface area contributed by atoms with E-state index in [-0.39, 0.29) is 5.02 Å². The van der Waals surface area contributed by atoms with E-state index in [4.69, 9.17) is 11.6 Å². The lowest BCUT2D eigenvalue weighted by atomic mass is 10.2. The Hall–Kier alpha value is -0.900. The van der Waals surface area contributed by atoms with Crippen molar-refractivity contribution in [1.82, 2.24) is 0 Å². The molecule has 1 N–H and O–H groups in total. The first kappa shape index (κ1) is 14.2. The molecule has 96 valence electrons. The van der Waals surface area contributed by atoms with Crippen molar-refractivity contribution in [1.29, 1.82) is 0 Å². The molecule has 0 atom stereocenters. The summed E-state index contributed by atoms with van der Waals surface area (Å²) in [5.74, 6) is 0. The molecule has 0 heterocycles. The van der Waals surface area contributed by atoms with Crippen LogP contribution in [0.1, 0.15) is 31.7 Å². The number of anilines is 1.